The van der Waals surface area contributed by atoms with Gasteiger partial charge in [-0.25, -0.2) is 0 Å². The van der Waals surface area contributed by atoms with Crippen molar-refractivity contribution in [3.8, 4) is 44.5 Å². The van der Waals surface area contributed by atoms with Crippen molar-refractivity contribution in [2.45, 2.75) is 0 Å². The number of rotatable bonds is 7. The lowest BCUT2D eigenvalue weighted by Crippen LogP contribution is -2.11. The van der Waals surface area contributed by atoms with E-state index in [1.54, 1.807) is 0 Å². The minimum atomic E-state index is 0.854. The van der Waals surface area contributed by atoms with E-state index >= 15 is 0 Å². The summed E-state index contributed by atoms with van der Waals surface area (Å²) in [5.74, 6) is 0. The summed E-state index contributed by atoms with van der Waals surface area (Å²) < 4.78 is 13.6. The Morgan fingerprint density at radius 2 is 0.815 bits per heavy atom. The number of furan rings is 2. The predicted molar refractivity (Wildman–Crippen MR) is 272 cm³/mol. The van der Waals surface area contributed by atoms with E-state index in [9.17, 15) is 0 Å². The number of nitrogens with zero attached hydrogens (tertiary/aromatic N) is 1. The predicted octanol–water partition coefficient (Wildman–Crippen LogP) is 17.9. The van der Waals surface area contributed by atoms with Gasteiger partial charge in [0.15, 0.2) is 0 Å². The van der Waals surface area contributed by atoms with Crippen LogP contribution in [0.1, 0.15) is 0 Å². The van der Waals surface area contributed by atoms with Crippen LogP contribution in [0.3, 0.4) is 0 Å². The first-order valence-corrected chi connectivity index (χ1v) is 22.2. The maximum Gasteiger partial charge on any atom is 0.145 e. The summed E-state index contributed by atoms with van der Waals surface area (Å²) in [5.41, 5.74) is 15.7. The first-order valence-electron chi connectivity index (χ1n) is 22.2. The second-order valence-corrected chi connectivity index (χ2v) is 16.7. The summed E-state index contributed by atoms with van der Waals surface area (Å²) in [6.45, 7) is 0. The molecule has 0 fully saturated rings. The lowest BCUT2D eigenvalue weighted by Gasteiger charge is -2.28. The van der Waals surface area contributed by atoms with Crippen molar-refractivity contribution < 1.29 is 8.83 Å². The number of benzene rings is 11. The Balaban J connectivity index is 1.01. The van der Waals surface area contributed by atoms with Gasteiger partial charge in [0, 0.05) is 38.4 Å². The van der Waals surface area contributed by atoms with E-state index in [0.717, 1.165) is 94.3 Å². The van der Waals surface area contributed by atoms with Crippen LogP contribution in [0.5, 0.6) is 0 Å². The molecule has 0 atom stereocenters. The standard InChI is InChI=1S/C62H39NO2/c1-3-14-40(15-4-1)41-28-30-45(31-29-41)50-38-39-56(60-53-20-9-10-26-57(53)64-62(50)60)63(55-25-12-23-51-47-19-8-7-18-43(47)34-37-52(51)55)46-35-32-44(33-36-46)48-21-13-27-58-59(48)54-24-11-22-49(61(54)65-58)42-16-5-2-6-17-42/h1-39H. The third-order valence-electron chi connectivity index (χ3n) is 13.1. The molecule has 0 unspecified atom stereocenters. The molecule has 0 saturated heterocycles. The van der Waals surface area contributed by atoms with Crippen LogP contribution < -0.4 is 4.90 Å². The molecule has 13 rings (SSSR count). The molecule has 0 radical (unpaired) electrons. The van der Waals surface area contributed by atoms with Gasteiger partial charge in [-0.05, 0) is 92.0 Å². The Hall–Kier alpha value is -8.66. The summed E-state index contributed by atoms with van der Waals surface area (Å²) in [7, 11) is 0. The Kier molecular flexibility index (Phi) is 8.53. The molecule has 0 spiro atoms. The van der Waals surface area contributed by atoms with Gasteiger partial charge < -0.3 is 13.7 Å². The van der Waals surface area contributed by atoms with Gasteiger partial charge in [0.05, 0.1) is 16.8 Å². The molecule has 3 nitrogen and oxygen atoms in total. The summed E-state index contributed by atoms with van der Waals surface area (Å²) in [6.07, 6.45) is 0. The van der Waals surface area contributed by atoms with Gasteiger partial charge >= 0.3 is 0 Å². The summed E-state index contributed by atoms with van der Waals surface area (Å²) in [6, 6.07) is 84.5. The summed E-state index contributed by atoms with van der Waals surface area (Å²) in [5, 5.41) is 9.18. The Morgan fingerprint density at radius 1 is 0.262 bits per heavy atom. The molecule has 0 amide bonds. The van der Waals surface area contributed by atoms with Gasteiger partial charge in [-0.15, -0.1) is 0 Å². The van der Waals surface area contributed by atoms with Crippen LogP contribution in [0.15, 0.2) is 245 Å². The number of hydrogen-bond donors (Lipinski definition) is 0. The number of fused-ring (bicyclic) bond motifs is 9. The molecular formula is C62H39NO2. The van der Waals surface area contributed by atoms with Gasteiger partial charge in [0.1, 0.15) is 22.3 Å². The first kappa shape index (κ1) is 36.9. The quantitative estimate of drug-likeness (QED) is 0.150. The second-order valence-electron chi connectivity index (χ2n) is 16.7. The van der Waals surface area contributed by atoms with Crippen molar-refractivity contribution >= 4 is 82.5 Å². The van der Waals surface area contributed by atoms with Crippen LogP contribution in [0, 0.1) is 0 Å². The van der Waals surface area contributed by atoms with Crippen molar-refractivity contribution in [1.82, 2.24) is 0 Å². The van der Waals surface area contributed by atoms with Crippen molar-refractivity contribution in [3.63, 3.8) is 0 Å². The largest absolute Gasteiger partial charge is 0.455 e. The molecule has 13 aromatic rings. The fourth-order valence-electron chi connectivity index (χ4n) is 10.0. The molecular weight excluding hydrogens is 791 g/mol. The second kappa shape index (κ2) is 15.0. The molecule has 304 valence electrons. The summed E-state index contributed by atoms with van der Waals surface area (Å²) in [4.78, 5) is 2.42. The Labute approximate surface area is 375 Å². The third kappa shape index (κ3) is 6.05. The van der Waals surface area contributed by atoms with E-state index in [1.807, 2.05) is 0 Å². The van der Waals surface area contributed by atoms with E-state index in [-0.39, 0.29) is 0 Å². The molecule has 0 N–H and O–H groups in total. The van der Waals surface area contributed by atoms with Gasteiger partial charge in [-0.3, -0.25) is 0 Å². The Morgan fingerprint density at radius 3 is 1.65 bits per heavy atom. The normalized spacial score (nSPS) is 11.7. The van der Waals surface area contributed by atoms with Crippen molar-refractivity contribution in [2.24, 2.45) is 0 Å². The number of anilines is 3. The molecule has 0 bridgehead atoms. The highest BCUT2D eigenvalue weighted by molar-refractivity contribution is 6.20. The SMILES string of the molecule is c1ccc(-c2ccc(-c3ccc(N(c4ccc(-c5cccc6oc7c(-c8ccccc8)cccc7c56)cc4)c4cccc5c4ccc4ccccc45)c4c3oc3ccccc34)cc2)cc1. The van der Waals surface area contributed by atoms with Crippen LogP contribution in [-0.4, -0.2) is 0 Å². The highest BCUT2D eigenvalue weighted by Gasteiger charge is 2.24. The molecule has 3 heteroatoms. The van der Waals surface area contributed by atoms with Gasteiger partial charge in [-0.1, -0.05) is 194 Å². The molecule has 65 heavy (non-hydrogen) atoms. The van der Waals surface area contributed by atoms with Crippen LogP contribution in [0.2, 0.25) is 0 Å². The molecule has 0 aliphatic rings. The van der Waals surface area contributed by atoms with E-state index < -0.39 is 0 Å². The van der Waals surface area contributed by atoms with Gasteiger partial charge in [0.2, 0.25) is 0 Å². The summed E-state index contributed by atoms with van der Waals surface area (Å²) >= 11 is 0. The minimum Gasteiger partial charge on any atom is -0.455 e. The maximum absolute atomic E-state index is 6.91. The average Bonchev–Trinajstić information content (AvgIpc) is 3.97. The molecule has 0 aliphatic heterocycles. The van der Waals surface area contributed by atoms with E-state index in [0.29, 0.717) is 0 Å². The smallest absolute Gasteiger partial charge is 0.145 e. The van der Waals surface area contributed by atoms with Crippen LogP contribution in [-0.2, 0) is 0 Å². The Bertz CT molecular complexity index is 3920. The van der Waals surface area contributed by atoms with Crippen LogP contribution in [0.25, 0.3) is 110 Å². The molecule has 2 heterocycles. The first-order chi connectivity index (χ1) is 32.2. The van der Waals surface area contributed by atoms with E-state index in [1.165, 1.54) is 32.7 Å². The van der Waals surface area contributed by atoms with Crippen molar-refractivity contribution in [2.75, 3.05) is 4.90 Å². The fourth-order valence-corrected chi connectivity index (χ4v) is 10.0. The molecule has 0 aliphatic carbocycles. The van der Waals surface area contributed by atoms with Crippen LogP contribution >= 0.6 is 0 Å². The molecule has 0 saturated carbocycles. The van der Waals surface area contributed by atoms with Crippen molar-refractivity contribution in [1.29, 1.82) is 0 Å². The highest BCUT2D eigenvalue weighted by Crippen LogP contribution is 2.49. The van der Waals surface area contributed by atoms with E-state index in [2.05, 4.69) is 241 Å². The zero-order valence-electron chi connectivity index (χ0n) is 35.3. The van der Waals surface area contributed by atoms with Gasteiger partial charge in [0.25, 0.3) is 0 Å². The van der Waals surface area contributed by atoms with E-state index in [4.69, 9.17) is 8.83 Å². The third-order valence-corrected chi connectivity index (χ3v) is 13.1. The lowest BCUT2D eigenvalue weighted by molar-refractivity contribution is 0.669. The maximum atomic E-state index is 6.91. The zero-order valence-corrected chi connectivity index (χ0v) is 35.3. The number of para-hydroxylation sites is 2. The zero-order chi connectivity index (χ0) is 42.8. The monoisotopic (exact) mass is 829 g/mol. The highest BCUT2D eigenvalue weighted by atomic mass is 16.3. The minimum absolute atomic E-state index is 0.854. The van der Waals surface area contributed by atoms with Crippen LogP contribution in [0.4, 0.5) is 17.1 Å². The average molecular weight is 830 g/mol. The van der Waals surface area contributed by atoms with Gasteiger partial charge in [-0.2, -0.15) is 0 Å². The molecule has 11 aromatic carbocycles. The number of hydrogen-bond acceptors (Lipinski definition) is 3. The lowest BCUT2D eigenvalue weighted by atomic mass is 9.96. The topological polar surface area (TPSA) is 29.5 Å². The van der Waals surface area contributed by atoms with Crippen molar-refractivity contribution in [3.05, 3.63) is 237 Å². The molecule has 2 aromatic heterocycles. The fraction of sp³-hybridized carbons (Fsp3) is 0.